The molecule has 0 aliphatic rings. The molecule has 0 unspecified atom stereocenters. The van der Waals surface area contributed by atoms with Gasteiger partial charge in [0.25, 0.3) is 5.82 Å². The SMILES string of the molecule is CS(=O)(=O)[O-].Nc1cc(F)cc[nH+]1. The zero-order chi connectivity index (χ0) is 10.5. The molecule has 3 N–H and O–H groups in total. The van der Waals surface area contributed by atoms with Crippen molar-refractivity contribution in [2.24, 2.45) is 0 Å². The van der Waals surface area contributed by atoms with E-state index in [1.54, 1.807) is 0 Å². The highest BCUT2D eigenvalue weighted by Gasteiger charge is 1.91. The van der Waals surface area contributed by atoms with Crippen molar-refractivity contribution in [1.82, 2.24) is 0 Å². The van der Waals surface area contributed by atoms with E-state index in [-0.39, 0.29) is 5.82 Å². The maximum absolute atomic E-state index is 12.1. The lowest BCUT2D eigenvalue weighted by Gasteiger charge is -1.90. The smallest absolute Gasteiger partial charge is 0.272 e. The van der Waals surface area contributed by atoms with Crippen LogP contribution in [0.2, 0.25) is 0 Å². The zero-order valence-electron chi connectivity index (χ0n) is 6.82. The summed E-state index contributed by atoms with van der Waals surface area (Å²) in [5.74, 6) is 0.0197. The lowest BCUT2D eigenvalue weighted by molar-refractivity contribution is -0.360. The number of rotatable bonds is 0. The first-order chi connectivity index (χ1) is 5.79. The molecule has 0 amide bonds. The Hall–Kier alpha value is -1.21. The van der Waals surface area contributed by atoms with E-state index in [0.29, 0.717) is 12.1 Å². The Balaban J connectivity index is 0.000000252. The number of nitrogen functional groups attached to an aromatic ring is 1. The molecule has 1 rings (SSSR count). The number of halogens is 1. The van der Waals surface area contributed by atoms with Gasteiger partial charge in [0.15, 0.2) is 0 Å². The molecule has 0 atom stereocenters. The van der Waals surface area contributed by atoms with Gasteiger partial charge in [-0.3, -0.25) is 5.73 Å². The maximum atomic E-state index is 12.1. The van der Waals surface area contributed by atoms with Crippen LogP contribution in [0.15, 0.2) is 18.3 Å². The first-order valence-corrected chi connectivity index (χ1v) is 4.94. The molecule has 0 saturated heterocycles. The molecule has 0 aliphatic carbocycles. The molecule has 13 heavy (non-hydrogen) atoms. The Kier molecular flexibility index (Phi) is 4.29. The monoisotopic (exact) mass is 208 g/mol. The molecule has 7 heteroatoms. The second-order valence-electron chi connectivity index (χ2n) is 2.17. The van der Waals surface area contributed by atoms with E-state index in [2.05, 4.69) is 4.98 Å². The first-order valence-electron chi connectivity index (χ1n) is 3.12. The van der Waals surface area contributed by atoms with Gasteiger partial charge in [0.1, 0.15) is 5.82 Å². The summed E-state index contributed by atoms with van der Waals surface area (Å²) < 4.78 is 39.3. The summed E-state index contributed by atoms with van der Waals surface area (Å²) >= 11 is 0. The standard InChI is InChI=1S/C5H5FN2.CH4O3S/c6-4-1-2-8-5(7)3-4;1-5(2,3)4/h1-3H,(H2,7,8);1H3,(H,2,3,4). The summed E-state index contributed by atoms with van der Waals surface area (Å²) in [6, 6.07) is 2.52. The van der Waals surface area contributed by atoms with E-state index < -0.39 is 10.1 Å². The normalized spacial score (nSPS) is 10.1. The summed E-state index contributed by atoms with van der Waals surface area (Å²) in [5, 5.41) is 0. The predicted octanol–water partition coefficient (Wildman–Crippen LogP) is -0.617. The highest BCUT2D eigenvalue weighted by molar-refractivity contribution is 7.84. The van der Waals surface area contributed by atoms with Gasteiger partial charge in [0.2, 0.25) is 0 Å². The van der Waals surface area contributed by atoms with Gasteiger partial charge in [-0.15, -0.1) is 0 Å². The van der Waals surface area contributed by atoms with Crippen molar-refractivity contribution in [3.8, 4) is 0 Å². The summed E-state index contributed by atoms with van der Waals surface area (Å²) in [7, 11) is -3.92. The van der Waals surface area contributed by atoms with E-state index in [9.17, 15) is 4.39 Å². The second-order valence-corrected chi connectivity index (χ2v) is 3.57. The minimum absolute atomic E-state index is 0.318. The third-order valence-electron chi connectivity index (χ3n) is 0.786. The van der Waals surface area contributed by atoms with Crippen LogP contribution < -0.4 is 10.7 Å². The zero-order valence-corrected chi connectivity index (χ0v) is 7.64. The van der Waals surface area contributed by atoms with Gasteiger partial charge >= 0.3 is 0 Å². The molecule has 0 spiro atoms. The van der Waals surface area contributed by atoms with Crippen LogP contribution in [-0.2, 0) is 10.1 Å². The largest absolute Gasteiger partial charge is 0.748 e. The number of hydrogen-bond acceptors (Lipinski definition) is 4. The minimum Gasteiger partial charge on any atom is -0.748 e. The van der Waals surface area contributed by atoms with Crippen LogP contribution in [0, 0.1) is 5.82 Å². The second kappa shape index (κ2) is 4.73. The van der Waals surface area contributed by atoms with E-state index in [1.807, 2.05) is 0 Å². The minimum atomic E-state index is -3.92. The van der Waals surface area contributed by atoms with Crippen LogP contribution in [0.5, 0.6) is 0 Å². The number of hydrogen-bond donors (Lipinski definition) is 1. The summed E-state index contributed by atoms with van der Waals surface area (Å²) in [5.41, 5.74) is 5.16. The Labute approximate surface area is 75.2 Å². The van der Waals surface area contributed by atoms with Gasteiger partial charge in [-0.05, 0) is 0 Å². The Morgan fingerprint density at radius 3 is 2.31 bits per heavy atom. The Morgan fingerprint density at radius 1 is 1.62 bits per heavy atom. The molecule has 1 aromatic heterocycles. The Morgan fingerprint density at radius 2 is 2.08 bits per heavy atom. The molecule has 0 fully saturated rings. The van der Waals surface area contributed by atoms with Crippen molar-refractivity contribution in [1.29, 1.82) is 0 Å². The van der Waals surface area contributed by atoms with Crippen LogP contribution in [-0.4, -0.2) is 19.2 Å². The molecule has 1 heterocycles. The van der Waals surface area contributed by atoms with E-state index in [1.165, 1.54) is 18.3 Å². The third kappa shape index (κ3) is 10.8. The molecule has 0 aromatic carbocycles. The number of H-pyrrole nitrogens is 1. The van der Waals surface area contributed by atoms with Gasteiger partial charge in [-0.25, -0.2) is 17.8 Å². The third-order valence-corrected chi connectivity index (χ3v) is 0.786. The van der Waals surface area contributed by atoms with E-state index >= 15 is 0 Å². The van der Waals surface area contributed by atoms with Gasteiger partial charge < -0.3 is 4.55 Å². The summed E-state index contributed by atoms with van der Waals surface area (Å²) in [6.07, 6.45) is 2.05. The molecule has 5 nitrogen and oxygen atoms in total. The lowest BCUT2D eigenvalue weighted by Crippen LogP contribution is -2.08. The number of pyridine rings is 1. The van der Waals surface area contributed by atoms with Crippen molar-refractivity contribution >= 4 is 15.9 Å². The number of aromatic amines is 1. The number of aromatic nitrogens is 1. The highest BCUT2D eigenvalue weighted by atomic mass is 32.2. The first kappa shape index (κ1) is 11.8. The predicted molar refractivity (Wildman–Crippen MR) is 43.0 cm³/mol. The van der Waals surface area contributed by atoms with Crippen LogP contribution >= 0.6 is 0 Å². The van der Waals surface area contributed by atoms with Crippen molar-refractivity contribution in [3.05, 3.63) is 24.1 Å². The average molecular weight is 208 g/mol. The van der Waals surface area contributed by atoms with Crippen LogP contribution in [0.3, 0.4) is 0 Å². The van der Waals surface area contributed by atoms with Crippen molar-refractivity contribution in [2.45, 2.75) is 0 Å². The summed E-state index contributed by atoms with van der Waals surface area (Å²) in [4.78, 5) is 2.61. The molecule has 1 aromatic rings. The number of anilines is 1. The van der Waals surface area contributed by atoms with E-state index in [4.69, 9.17) is 18.7 Å². The molecule has 0 bridgehead atoms. The number of nitrogens with two attached hydrogens (primary N) is 1. The maximum Gasteiger partial charge on any atom is 0.272 e. The van der Waals surface area contributed by atoms with E-state index in [0.717, 1.165) is 0 Å². The van der Waals surface area contributed by atoms with Crippen molar-refractivity contribution in [2.75, 3.05) is 12.0 Å². The molecule has 0 aliphatic heterocycles. The van der Waals surface area contributed by atoms with Gasteiger partial charge in [0.05, 0.1) is 22.4 Å². The fraction of sp³-hybridized carbons (Fsp3) is 0.167. The van der Waals surface area contributed by atoms with Crippen LogP contribution in [0.25, 0.3) is 0 Å². The van der Waals surface area contributed by atoms with Crippen LogP contribution in [0.1, 0.15) is 0 Å². The number of nitrogens with one attached hydrogen (secondary N) is 1. The Bertz CT molecular complexity index is 341. The molecule has 74 valence electrons. The fourth-order valence-electron chi connectivity index (χ4n) is 0.456. The quantitative estimate of drug-likeness (QED) is 0.574. The van der Waals surface area contributed by atoms with Crippen molar-refractivity contribution < 1.29 is 22.3 Å². The van der Waals surface area contributed by atoms with Crippen molar-refractivity contribution in [3.63, 3.8) is 0 Å². The van der Waals surface area contributed by atoms with Gasteiger partial charge in [0, 0.05) is 12.3 Å². The molecule has 0 radical (unpaired) electrons. The molecular formula is C6H9FN2O3S. The fourth-order valence-corrected chi connectivity index (χ4v) is 0.456. The van der Waals surface area contributed by atoms with Gasteiger partial charge in [-0.2, -0.15) is 0 Å². The molecular weight excluding hydrogens is 199 g/mol. The summed E-state index contributed by atoms with van der Waals surface area (Å²) in [6.45, 7) is 0. The van der Waals surface area contributed by atoms with Gasteiger partial charge in [-0.1, -0.05) is 0 Å². The average Bonchev–Trinajstić information content (AvgIpc) is 1.81. The highest BCUT2D eigenvalue weighted by Crippen LogP contribution is 1.94. The molecule has 0 saturated carbocycles. The topological polar surface area (TPSA) is 97.4 Å². The lowest BCUT2D eigenvalue weighted by atomic mass is 10.4. The van der Waals surface area contributed by atoms with Crippen LogP contribution in [0.4, 0.5) is 10.2 Å².